The maximum Gasteiger partial charge on any atom is 0.122 e. The number of nitrogens with one attached hydrogen (secondary N) is 1. The third-order valence-corrected chi connectivity index (χ3v) is 3.58. The summed E-state index contributed by atoms with van der Waals surface area (Å²) >= 11 is 0. The number of amidine groups is 1. The lowest BCUT2D eigenvalue weighted by atomic mass is 9.99. The van der Waals surface area contributed by atoms with Crippen LogP contribution in [0.5, 0.6) is 0 Å². The zero-order valence-corrected chi connectivity index (χ0v) is 11.2. The van der Waals surface area contributed by atoms with Crippen LogP contribution in [0.3, 0.4) is 0 Å². The number of nitrogens with two attached hydrogens (primary N) is 1. The quantitative estimate of drug-likeness (QED) is 0.606. The van der Waals surface area contributed by atoms with Crippen LogP contribution in [0.15, 0.2) is 24.3 Å². The normalized spacial score (nSPS) is 11.8. The highest BCUT2D eigenvalue weighted by molar-refractivity contribution is 5.94. The van der Waals surface area contributed by atoms with Crippen LogP contribution in [-0.2, 0) is 6.54 Å². The van der Waals surface area contributed by atoms with Crippen molar-refractivity contribution in [2.75, 3.05) is 7.05 Å². The summed E-state index contributed by atoms with van der Waals surface area (Å²) in [4.78, 5) is 2.34. The van der Waals surface area contributed by atoms with Crippen molar-refractivity contribution >= 4 is 5.84 Å². The molecule has 0 aliphatic heterocycles. The van der Waals surface area contributed by atoms with Crippen LogP contribution in [0.25, 0.3) is 0 Å². The monoisotopic (exact) mass is 233 g/mol. The van der Waals surface area contributed by atoms with E-state index in [1.54, 1.807) is 0 Å². The van der Waals surface area contributed by atoms with Gasteiger partial charge in [-0.15, -0.1) is 0 Å². The van der Waals surface area contributed by atoms with Crippen LogP contribution in [-0.4, -0.2) is 23.3 Å². The summed E-state index contributed by atoms with van der Waals surface area (Å²) in [5, 5.41) is 7.34. The van der Waals surface area contributed by atoms with E-state index in [1.807, 2.05) is 24.3 Å². The van der Waals surface area contributed by atoms with E-state index in [9.17, 15) is 0 Å². The molecule has 0 bridgehead atoms. The van der Waals surface area contributed by atoms with Gasteiger partial charge in [0.15, 0.2) is 0 Å². The van der Waals surface area contributed by atoms with Crippen LogP contribution in [0.1, 0.15) is 38.3 Å². The molecule has 0 atom stereocenters. The summed E-state index contributed by atoms with van der Waals surface area (Å²) < 4.78 is 0. The number of nitrogen functional groups attached to an aromatic ring is 1. The van der Waals surface area contributed by atoms with Gasteiger partial charge in [0.2, 0.25) is 0 Å². The van der Waals surface area contributed by atoms with Crippen molar-refractivity contribution in [1.29, 1.82) is 5.41 Å². The van der Waals surface area contributed by atoms with Gasteiger partial charge in [0.1, 0.15) is 5.84 Å². The summed E-state index contributed by atoms with van der Waals surface area (Å²) in [5.41, 5.74) is 7.67. The molecule has 1 aromatic rings. The summed E-state index contributed by atoms with van der Waals surface area (Å²) in [6, 6.07) is 7.90. The Morgan fingerprint density at radius 1 is 1.29 bits per heavy atom. The zero-order valence-electron chi connectivity index (χ0n) is 11.2. The first-order chi connectivity index (χ1) is 7.86. The standard InChI is InChI=1S/C14H23N3/c1-5-14(2,3)17(4)10-11-6-8-12(9-7-11)13(15)16/h6-9H,5,10H2,1-4H3,(H3,15,16). The van der Waals surface area contributed by atoms with Crippen molar-refractivity contribution in [1.82, 2.24) is 4.90 Å². The Labute approximate surface area is 104 Å². The molecule has 3 nitrogen and oxygen atoms in total. The average Bonchev–Trinajstić information content (AvgIpc) is 2.29. The SMILES string of the molecule is CCC(C)(C)N(C)Cc1ccc(C(=N)N)cc1. The lowest BCUT2D eigenvalue weighted by molar-refractivity contribution is 0.143. The Bertz CT molecular complexity index is 379. The number of hydrogen-bond donors (Lipinski definition) is 2. The van der Waals surface area contributed by atoms with E-state index in [1.165, 1.54) is 5.56 Å². The lowest BCUT2D eigenvalue weighted by Gasteiger charge is -2.34. The smallest absolute Gasteiger partial charge is 0.122 e. The van der Waals surface area contributed by atoms with Crippen molar-refractivity contribution in [3.63, 3.8) is 0 Å². The molecule has 1 aromatic carbocycles. The minimum atomic E-state index is 0.124. The Hall–Kier alpha value is -1.35. The van der Waals surface area contributed by atoms with Crippen LogP contribution in [0, 0.1) is 5.41 Å². The summed E-state index contributed by atoms with van der Waals surface area (Å²) in [5.74, 6) is 0.124. The molecule has 1 rings (SSSR count). The number of benzene rings is 1. The van der Waals surface area contributed by atoms with E-state index in [2.05, 4.69) is 32.7 Å². The zero-order chi connectivity index (χ0) is 13.1. The predicted molar refractivity (Wildman–Crippen MR) is 73.3 cm³/mol. The molecular weight excluding hydrogens is 210 g/mol. The number of rotatable bonds is 5. The molecule has 0 aliphatic carbocycles. The molecule has 3 N–H and O–H groups in total. The summed E-state index contributed by atoms with van der Waals surface area (Å²) in [7, 11) is 2.14. The Kier molecular flexibility index (Phi) is 4.29. The largest absolute Gasteiger partial charge is 0.384 e. The Morgan fingerprint density at radius 3 is 2.24 bits per heavy atom. The topological polar surface area (TPSA) is 53.1 Å². The fourth-order valence-corrected chi connectivity index (χ4v) is 1.55. The van der Waals surface area contributed by atoms with Gasteiger partial charge in [-0.05, 0) is 32.9 Å². The van der Waals surface area contributed by atoms with Gasteiger partial charge in [0.25, 0.3) is 0 Å². The highest BCUT2D eigenvalue weighted by Crippen LogP contribution is 2.19. The first-order valence-corrected chi connectivity index (χ1v) is 6.01. The number of nitrogens with zero attached hydrogens (tertiary/aromatic N) is 1. The van der Waals surface area contributed by atoms with Crippen molar-refractivity contribution in [2.24, 2.45) is 5.73 Å². The second kappa shape index (κ2) is 5.32. The number of hydrogen-bond acceptors (Lipinski definition) is 2. The molecule has 0 saturated heterocycles. The van der Waals surface area contributed by atoms with E-state index < -0.39 is 0 Å². The first kappa shape index (κ1) is 13.7. The van der Waals surface area contributed by atoms with E-state index in [4.69, 9.17) is 11.1 Å². The van der Waals surface area contributed by atoms with Crippen LogP contribution in [0.4, 0.5) is 0 Å². The van der Waals surface area contributed by atoms with Crippen LogP contribution in [0.2, 0.25) is 0 Å². The molecule has 0 amide bonds. The molecule has 17 heavy (non-hydrogen) atoms. The van der Waals surface area contributed by atoms with Crippen molar-refractivity contribution < 1.29 is 0 Å². The van der Waals surface area contributed by atoms with Crippen molar-refractivity contribution in [2.45, 2.75) is 39.3 Å². The van der Waals surface area contributed by atoms with Crippen molar-refractivity contribution in [3.8, 4) is 0 Å². The first-order valence-electron chi connectivity index (χ1n) is 6.01. The molecule has 0 spiro atoms. The molecule has 0 saturated carbocycles. The van der Waals surface area contributed by atoms with Gasteiger partial charge >= 0.3 is 0 Å². The second-order valence-corrected chi connectivity index (χ2v) is 5.13. The minimum Gasteiger partial charge on any atom is -0.384 e. The third-order valence-electron chi connectivity index (χ3n) is 3.58. The van der Waals surface area contributed by atoms with E-state index in [-0.39, 0.29) is 11.4 Å². The average molecular weight is 233 g/mol. The second-order valence-electron chi connectivity index (χ2n) is 5.13. The molecule has 0 heterocycles. The molecule has 0 unspecified atom stereocenters. The summed E-state index contributed by atoms with van der Waals surface area (Å²) in [6.45, 7) is 7.61. The lowest BCUT2D eigenvalue weighted by Crippen LogP contribution is -2.39. The van der Waals surface area contributed by atoms with Gasteiger partial charge in [-0.3, -0.25) is 10.3 Å². The molecule has 0 aliphatic rings. The van der Waals surface area contributed by atoms with Gasteiger partial charge < -0.3 is 5.73 Å². The van der Waals surface area contributed by atoms with Gasteiger partial charge in [-0.1, -0.05) is 31.2 Å². The molecule has 0 aromatic heterocycles. The highest BCUT2D eigenvalue weighted by Gasteiger charge is 2.20. The maximum absolute atomic E-state index is 7.34. The molecule has 94 valence electrons. The highest BCUT2D eigenvalue weighted by atomic mass is 15.2. The van der Waals surface area contributed by atoms with Gasteiger partial charge in [0, 0.05) is 17.6 Å². The van der Waals surface area contributed by atoms with Gasteiger partial charge in [0.05, 0.1) is 0 Å². The van der Waals surface area contributed by atoms with E-state index in [0.717, 1.165) is 18.5 Å². The van der Waals surface area contributed by atoms with Crippen LogP contribution >= 0.6 is 0 Å². The van der Waals surface area contributed by atoms with Crippen LogP contribution < -0.4 is 5.73 Å². The molecule has 0 radical (unpaired) electrons. The van der Waals surface area contributed by atoms with Crippen molar-refractivity contribution in [3.05, 3.63) is 35.4 Å². The van der Waals surface area contributed by atoms with Gasteiger partial charge in [-0.25, -0.2) is 0 Å². The van der Waals surface area contributed by atoms with Gasteiger partial charge in [-0.2, -0.15) is 0 Å². The fraction of sp³-hybridized carbons (Fsp3) is 0.500. The Balaban J connectivity index is 2.73. The van der Waals surface area contributed by atoms with E-state index >= 15 is 0 Å². The molecule has 3 heteroatoms. The molecular formula is C14H23N3. The predicted octanol–water partition coefficient (Wildman–Crippen LogP) is 2.59. The Morgan fingerprint density at radius 2 is 1.82 bits per heavy atom. The summed E-state index contributed by atoms with van der Waals surface area (Å²) in [6.07, 6.45) is 1.12. The fourth-order valence-electron chi connectivity index (χ4n) is 1.55. The maximum atomic E-state index is 7.34. The third kappa shape index (κ3) is 3.56. The minimum absolute atomic E-state index is 0.124. The molecule has 0 fully saturated rings. The van der Waals surface area contributed by atoms with E-state index in [0.29, 0.717) is 0 Å².